The number of nitrogens with one attached hydrogen (secondary N) is 1. The number of benzene rings is 1. The molecule has 1 fully saturated rings. The van der Waals surface area contributed by atoms with Gasteiger partial charge in [-0.2, -0.15) is 5.10 Å². The van der Waals surface area contributed by atoms with Crippen LogP contribution in [-0.4, -0.2) is 63.7 Å². The Morgan fingerprint density at radius 1 is 1.32 bits per heavy atom. The van der Waals surface area contributed by atoms with Crippen LogP contribution < -0.4 is 4.74 Å². The van der Waals surface area contributed by atoms with Crippen LogP contribution >= 0.6 is 15.9 Å². The Bertz CT molecular complexity index is 713. The molecule has 3 rings (SSSR count). The molecule has 1 aliphatic heterocycles. The van der Waals surface area contributed by atoms with Crippen LogP contribution in [-0.2, 0) is 11.3 Å². The first-order valence-corrected chi connectivity index (χ1v) is 9.16. The van der Waals surface area contributed by atoms with E-state index < -0.39 is 0 Å². The Kier molecular flexibility index (Phi) is 6.04. The summed E-state index contributed by atoms with van der Waals surface area (Å²) in [7, 11) is 0. The molecule has 1 aromatic heterocycles. The maximum absolute atomic E-state index is 12.3. The van der Waals surface area contributed by atoms with Crippen LogP contribution in [0.2, 0.25) is 0 Å². The van der Waals surface area contributed by atoms with Crippen LogP contribution in [0.5, 0.6) is 5.75 Å². The third kappa shape index (κ3) is 5.27. The van der Waals surface area contributed by atoms with Crippen molar-refractivity contribution in [2.45, 2.75) is 19.9 Å². The topological polar surface area (TPSA) is 74.3 Å². The number of carbonyl (C=O) groups is 1. The molecule has 1 amide bonds. The zero-order valence-electron chi connectivity index (χ0n) is 14.2. The Labute approximate surface area is 155 Å². The Morgan fingerprint density at radius 3 is 2.80 bits per heavy atom. The van der Waals surface area contributed by atoms with Crippen LogP contribution in [0, 0.1) is 6.92 Å². The number of aromatic amines is 1. The molecular formula is C17H22BrN5O2. The summed E-state index contributed by atoms with van der Waals surface area (Å²) in [5, 5.41) is 7.02. The number of rotatable bonds is 6. The van der Waals surface area contributed by atoms with Crippen LogP contribution in [0.25, 0.3) is 0 Å². The lowest BCUT2D eigenvalue weighted by molar-refractivity contribution is -0.133. The number of carbonyl (C=O) groups excluding carboxylic acids is 1. The maximum atomic E-state index is 12.3. The molecule has 0 aliphatic carbocycles. The molecule has 25 heavy (non-hydrogen) atoms. The summed E-state index contributed by atoms with van der Waals surface area (Å²) in [4.78, 5) is 20.8. The Hall–Kier alpha value is -1.93. The van der Waals surface area contributed by atoms with Gasteiger partial charge in [-0.25, -0.2) is 4.98 Å². The van der Waals surface area contributed by atoms with Crippen molar-refractivity contribution in [1.82, 2.24) is 25.0 Å². The minimum Gasteiger partial charge on any atom is -0.493 e. The lowest BCUT2D eigenvalue weighted by atomic mass is 10.2. The van der Waals surface area contributed by atoms with E-state index >= 15 is 0 Å². The molecule has 0 radical (unpaired) electrons. The van der Waals surface area contributed by atoms with Crippen molar-refractivity contribution in [2.24, 2.45) is 0 Å². The SMILES string of the molecule is Cc1nc(CN2CCN(C(=O)CCOc3cccc(Br)c3)CC2)n[nH]1. The van der Waals surface area contributed by atoms with Crippen molar-refractivity contribution in [3.05, 3.63) is 40.4 Å². The lowest BCUT2D eigenvalue weighted by Crippen LogP contribution is -2.48. The average Bonchev–Trinajstić information content (AvgIpc) is 3.00. The van der Waals surface area contributed by atoms with E-state index in [1.165, 1.54) is 0 Å². The Morgan fingerprint density at radius 2 is 2.12 bits per heavy atom. The van der Waals surface area contributed by atoms with E-state index in [2.05, 4.69) is 36.0 Å². The summed E-state index contributed by atoms with van der Waals surface area (Å²) in [6.07, 6.45) is 0.395. The molecule has 1 aliphatic rings. The van der Waals surface area contributed by atoms with Gasteiger partial charge in [-0.3, -0.25) is 14.8 Å². The number of hydrogen-bond acceptors (Lipinski definition) is 5. The second kappa shape index (κ2) is 8.44. The molecule has 2 heterocycles. The number of amides is 1. The van der Waals surface area contributed by atoms with E-state index in [1.54, 1.807) is 0 Å². The molecule has 1 N–H and O–H groups in total. The monoisotopic (exact) mass is 407 g/mol. The number of aromatic nitrogens is 3. The molecule has 1 aromatic carbocycles. The highest BCUT2D eigenvalue weighted by molar-refractivity contribution is 9.10. The van der Waals surface area contributed by atoms with Crippen molar-refractivity contribution in [3.8, 4) is 5.75 Å². The average molecular weight is 408 g/mol. The van der Waals surface area contributed by atoms with Gasteiger partial charge >= 0.3 is 0 Å². The van der Waals surface area contributed by atoms with Crippen LogP contribution in [0.1, 0.15) is 18.1 Å². The third-order valence-electron chi connectivity index (χ3n) is 4.11. The quantitative estimate of drug-likeness (QED) is 0.792. The van der Waals surface area contributed by atoms with Crippen molar-refractivity contribution in [3.63, 3.8) is 0 Å². The summed E-state index contributed by atoms with van der Waals surface area (Å²) in [5.41, 5.74) is 0. The fourth-order valence-corrected chi connectivity index (χ4v) is 3.16. The van der Waals surface area contributed by atoms with Gasteiger partial charge in [0.05, 0.1) is 19.6 Å². The van der Waals surface area contributed by atoms with Gasteiger partial charge < -0.3 is 9.64 Å². The van der Waals surface area contributed by atoms with Crippen LogP contribution in [0.15, 0.2) is 28.7 Å². The van der Waals surface area contributed by atoms with Gasteiger partial charge in [0, 0.05) is 30.7 Å². The van der Waals surface area contributed by atoms with Gasteiger partial charge in [-0.1, -0.05) is 22.0 Å². The predicted octanol–water partition coefficient (Wildman–Crippen LogP) is 1.99. The van der Waals surface area contributed by atoms with Gasteiger partial charge in [0.2, 0.25) is 5.91 Å². The van der Waals surface area contributed by atoms with Crippen LogP contribution in [0.4, 0.5) is 0 Å². The molecule has 0 spiro atoms. The van der Waals surface area contributed by atoms with Crippen molar-refractivity contribution < 1.29 is 9.53 Å². The number of halogens is 1. The zero-order valence-corrected chi connectivity index (χ0v) is 15.8. The van der Waals surface area contributed by atoms with Gasteiger partial charge in [0.1, 0.15) is 11.6 Å². The standard InChI is InChI=1S/C17H22BrN5O2/c1-13-19-16(21-20-13)12-22-6-8-23(9-7-22)17(24)5-10-25-15-4-2-3-14(18)11-15/h2-4,11H,5-10,12H2,1H3,(H,19,20,21). The van der Waals surface area contributed by atoms with Crippen molar-refractivity contribution in [1.29, 1.82) is 0 Å². The highest BCUT2D eigenvalue weighted by atomic mass is 79.9. The number of hydrogen-bond donors (Lipinski definition) is 1. The van der Waals surface area contributed by atoms with Crippen LogP contribution in [0.3, 0.4) is 0 Å². The van der Waals surface area contributed by atoms with E-state index in [1.807, 2.05) is 36.1 Å². The van der Waals surface area contributed by atoms with E-state index in [-0.39, 0.29) is 5.91 Å². The second-order valence-corrected chi connectivity index (χ2v) is 6.97. The van der Waals surface area contributed by atoms with Gasteiger partial charge in [-0.15, -0.1) is 0 Å². The minimum atomic E-state index is 0.142. The molecule has 0 bridgehead atoms. The van der Waals surface area contributed by atoms with E-state index in [0.29, 0.717) is 13.0 Å². The Balaban J connectivity index is 1.38. The van der Waals surface area contributed by atoms with Crippen molar-refractivity contribution >= 4 is 21.8 Å². The number of piperazine rings is 1. The number of aryl methyl sites for hydroxylation is 1. The molecule has 0 atom stereocenters. The maximum Gasteiger partial charge on any atom is 0.226 e. The predicted molar refractivity (Wildman–Crippen MR) is 97.2 cm³/mol. The molecule has 1 saturated heterocycles. The van der Waals surface area contributed by atoms with E-state index in [0.717, 1.165) is 54.6 Å². The van der Waals surface area contributed by atoms with E-state index in [9.17, 15) is 4.79 Å². The number of ether oxygens (including phenoxy) is 1. The first-order chi connectivity index (χ1) is 12.1. The third-order valence-corrected chi connectivity index (χ3v) is 4.61. The summed E-state index contributed by atoms with van der Waals surface area (Å²) in [5.74, 6) is 2.55. The fraction of sp³-hybridized carbons (Fsp3) is 0.471. The lowest BCUT2D eigenvalue weighted by Gasteiger charge is -2.34. The molecule has 8 heteroatoms. The molecule has 7 nitrogen and oxygen atoms in total. The zero-order chi connectivity index (χ0) is 17.6. The smallest absolute Gasteiger partial charge is 0.226 e. The fourth-order valence-electron chi connectivity index (χ4n) is 2.79. The largest absolute Gasteiger partial charge is 0.493 e. The number of nitrogens with zero attached hydrogens (tertiary/aromatic N) is 4. The first-order valence-electron chi connectivity index (χ1n) is 8.36. The molecular weight excluding hydrogens is 386 g/mol. The summed E-state index contributed by atoms with van der Waals surface area (Å²) in [6, 6.07) is 7.64. The summed E-state index contributed by atoms with van der Waals surface area (Å²) < 4.78 is 6.61. The molecule has 0 saturated carbocycles. The van der Waals surface area contributed by atoms with Gasteiger partial charge in [0.25, 0.3) is 0 Å². The first kappa shape index (κ1) is 17.9. The minimum absolute atomic E-state index is 0.142. The summed E-state index contributed by atoms with van der Waals surface area (Å²) in [6.45, 7) is 6.16. The van der Waals surface area contributed by atoms with Gasteiger partial charge in [0.15, 0.2) is 5.82 Å². The van der Waals surface area contributed by atoms with E-state index in [4.69, 9.17) is 4.74 Å². The highest BCUT2D eigenvalue weighted by Crippen LogP contribution is 2.18. The van der Waals surface area contributed by atoms with Gasteiger partial charge in [-0.05, 0) is 25.1 Å². The molecule has 2 aromatic rings. The molecule has 0 unspecified atom stereocenters. The number of H-pyrrole nitrogens is 1. The summed E-state index contributed by atoms with van der Waals surface area (Å²) >= 11 is 3.41. The van der Waals surface area contributed by atoms with Crippen molar-refractivity contribution in [2.75, 3.05) is 32.8 Å². The second-order valence-electron chi connectivity index (χ2n) is 6.05. The molecule has 134 valence electrons. The normalized spacial score (nSPS) is 15.4. The highest BCUT2D eigenvalue weighted by Gasteiger charge is 2.21.